The number of ether oxygens (including phenoxy) is 1. The van der Waals surface area contributed by atoms with Gasteiger partial charge in [-0.2, -0.15) is 0 Å². The highest BCUT2D eigenvalue weighted by molar-refractivity contribution is 9.10. The van der Waals surface area contributed by atoms with Crippen LogP contribution in [0.4, 0.5) is 9.80 Å². The molecule has 0 saturated carbocycles. The maximum absolute atomic E-state index is 12.6. The van der Waals surface area contributed by atoms with Crippen molar-refractivity contribution in [2.45, 2.75) is 32.6 Å². The highest BCUT2D eigenvalue weighted by atomic mass is 79.9. The summed E-state index contributed by atoms with van der Waals surface area (Å²) in [6, 6.07) is 7.41. The molecule has 0 spiro atoms. The summed E-state index contributed by atoms with van der Waals surface area (Å²) in [5, 5.41) is 8.10. The average molecular weight is 494 g/mol. The van der Waals surface area contributed by atoms with Gasteiger partial charge in [0.2, 0.25) is 0 Å². The van der Waals surface area contributed by atoms with Gasteiger partial charge in [-0.15, -0.1) is 11.3 Å². The molecule has 0 radical (unpaired) electrons. The molecule has 1 aromatic carbocycles. The van der Waals surface area contributed by atoms with E-state index in [2.05, 4.69) is 31.5 Å². The molecule has 30 heavy (non-hydrogen) atoms. The van der Waals surface area contributed by atoms with E-state index in [4.69, 9.17) is 4.74 Å². The largest absolute Gasteiger partial charge is 0.462 e. The lowest BCUT2D eigenvalue weighted by Crippen LogP contribution is -2.30. The fourth-order valence-corrected chi connectivity index (χ4v) is 4.89. The van der Waals surface area contributed by atoms with Crippen LogP contribution in [0.25, 0.3) is 11.1 Å². The quantitative estimate of drug-likeness (QED) is 0.364. The number of halogens is 1. The van der Waals surface area contributed by atoms with E-state index in [-0.39, 0.29) is 12.6 Å². The van der Waals surface area contributed by atoms with Gasteiger partial charge in [0.1, 0.15) is 10.6 Å². The van der Waals surface area contributed by atoms with Crippen molar-refractivity contribution in [3.05, 3.63) is 39.7 Å². The zero-order chi connectivity index (χ0) is 21.3. The van der Waals surface area contributed by atoms with Gasteiger partial charge in [0.15, 0.2) is 0 Å². The van der Waals surface area contributed by atoms with E-state index in [0.717, 1.165) is 35.0 Å². The van der Waals surface area contributed by atoms with Crippen LogP contribution in [0.1, 0.15) is 43.0 Å². The van der Waals surface area contributed by atoms with Gasteiger partial charge in [-0.1, -0.05) is 28.1 Å². The molecule has 2 amide bonds. The van der Waals surface area contributed by atoms with E-state index >= 15 is 0 Å². The Morgan fingerprint density at radius 1 is 1.23 bits per heavy atom. The molecular weight excluding hydrogens is 466 g/mol. The summed E-state index contributed by atoms with van der Waals surface area (Å²) in [5.74, 6) is -0.436. The van der Waals surface area contributed by atoms with Crippen LogP contribution in [0.5, 0.6) is 0 Å². The van der Waals surface area contributed by atoms with Crippen molar-refractivity contribution >= 4 is 44.3 Å². The van der Waals surface area contributed by atoms with Crippen molar-refractivity contribution in [3.8, 4) is 11.1 Å². The number of rotatable bonds is 9. The van der Waals surface area contributed by atoms with E-state index in [9.17, 15) is 9.59 Å². The first-order chi connectivity index (χ1) is 14.6. The lowest BCUT2D eigenvalue weighted by Gasteiger charge is -2.14. The van der Waals surface area contributed by atoms with Gasteiger partial charge in [-0.25, -0.2) is 9.59 Å². The molecule has 3 rings (SSSR count). The molecule has 162 valence electrons. The number of likely N-dealkylation sites (tertiary alicyclic amines) is 1. The van der Waals surface area contributed by atoms with E-state index < -0.39 is 5.97 Å². The average Bonchev–Trinajstić information content (AvgIpc) is 3.38. The van der Waals surface area contributed by atoms with Crippen LogP contribution < -0.4 is 10.6 Å². The summed E-state index contributed by atoms with van der Waals surface area (Å²) < 4.78 is 6.16. The smallest absolute Gasteiger partial charge is 0.341 e. The third kappa shape index (κ3) is 6.30. The molecule has 0 bridgehead atoms. The molecule has 2 N–H and O–H groups in total. The summed E-state index contributed by atoms with van der Waals surface area (Å²) in [6.45, 7) is 6.14. The van der Waals surface area contributed by atoms with Crippen LogP contribution in [0, 0.1) is 0 Å². The van der Waals surface area contributed by atoms with Gasteiger partial charge >= 0.3 is 12.0 Å². The first-order valence-corrected chi connectivity index (χ1v) is 12.1. The lowest BCUT2D eigenvalue weighted by atomic mass is 10.0. The predicted molar refractivity (Wildman–Crippen MR) is 125 cm³/mol. The van der Waals surface area contributed by atoms with Crippen LogP contribution in [-0.4, -0.2) is 49.7 Å². The number of hydrogen-bond acceptors (Lipinski definition) is 5. The van der Waals surface area contributed by atoms with Gasteiger partial charge in [-0.05, 0) is 69.9 Å². The van der Waals surface area contributed by atoms with Crippen molar-refractivity contribution in [2.75, 3.05) is 38.1 Å². The standard InChI is InChI=1S/C22H28BrN3O3S/c1-2-29-21(27)19-18(16-8-7-9-17(23)14-16)15-30-20(19)25-22(28)24-10-3-4-11-26-12-5-6-13-26/h7-9,14-15H,2-6,10-13H2,1H3,(H2,24,25,28). The molecule has 1 aliphatic rings. The number of benzene rings is 1. The van der Waals surface area contributed by atoms with E-state index in [0.29, 0.717) is 17.1 Å². The molecule has 1 saturated heterocycles. The summed E-state index contributed by atoms with van der Waals surface area (Å²) in [7, 11) is 0. The van der Waals surface area contributed by atoms with Gasteiger partial charge in [-0.3, -0.25) is 5.32 Å². The molecule has 0 atom stereocenters. The first-order valence-electron chi connectivity index (χ1n) is 10.4. The second-order valence-electron chi connectivity index (χ2n) is 7.22. The zero-order valence-electron chi connectivity index (χ0n) is 17.2. The minimum absolute atomic E-state index is 0.273. The predicted octanol–water partition coefficient (Wildman–Crippen LogP) is 5.35. The highest BCUT2D eigenvalue weighted by Gasteiger charge is 2.23. The Morgan fingerprint density at radius 3 is 2.77 bits per heavy atom. The molecule has 6 nitrogen and oxygen atoms in total. The number of nitrogens with zero attached hydrogens (tertiary/aromatic N) is 1. The molecule has 1 aromatic heterocycles. The fraction of sp³-hybridized carbons (Fsp3) is 0.455. The van der Waals surface area contributed by atoms with Gasteiger partial charge < -0.3 is 15.0 Å². The Hall–Kier alpha value is -1.90. The number of unbranched alkanes of at least 4 members (excludes halogenated alkanes) is 1. The van der Waals surface area contributed by atoms with Crippen molar-refractivity contribution in [1.82, 2.24) is 10.2 Å². The third-order valence-electron chi connectivity index (χ3n) is 5.02. The van der Waals surface area contributed by atoms with Crippen LogP contribution in [0.3, 0.4) is 0 Å². The monoisotopic (exact) mass is 493 g/mol. The highest BCUT2D eigenvalue weighted by Crippen LogP contribution is 2.37. The molecule has 2 heterocycles. The molecule has 2 aromatic rings. The Morgan fingerprint density at radius 2 is 2.03 bits per heavy atom. The molecule has 1 fully saturated rings. The minimum Gasteiger partial charge on any atom is -0.462 e. The summed E-state index contributed by atoms with van der Waals surface area (Å²) in [4.78, 5) is 27.5. The molecule has 1 aliphatic heterocycles. The normalized spacial score (nSPS) is 13.9. The number of esters is 1. The summed E-state index contributed by atoms with van der Waals surface area (Å²) >= 11 is 4.79. The van der Waals surface area contributed by atoms with Gasteiger partial charge in [0.05, 0.1) is 6.61 Å². The number of anilines is 1. The van der Waals surface area contributed by atoms with Crippen molar-refractivity contribution in [2.24, 2.45) is 0 Å². The van der Waals surface area contributed by atoms with Crippen LogP contribution in [-0.2, 0) is 4.74 Å². The van der Waals surface area contributed by atoms with Gasteiger partial charge in [0.25, 0.3) is 0 Å². The maximum atomic E-state index is 12.6. The van der Waals surface area contributed by atoms with Crippen molar-refractivity contribution in [1.29, 1.82) is 0 Å². The lowest BCUT2D eigenvalue weighted by molar-refractivity contribution is 0.0529. The zero-order valence-corrected chi connectivity index (χ0v) is 19.6. The Bertz CT molecular complexity index is 865. The molecule has 0 aliphatic carbocycles. The van der Waals surface area contributed by atoms with Crippen LogP contribution >= 0.6 is 27.3 Å². The number of carbonyl (C=O) groups excluding carboxylic acids is 2. The SMILES string of the molecule is CCOC(=O)c1c(-c2cccc(Br)c2)csc1NC(=O)NCCCCN1CCCC1. The molecular formula is C22H28BrN3O3S. The second-order valence-corrected chi connectivity index (χ2v) is 9.02. The number of amides is 2. The number of nitrogens with one attached hydrogen (secondary N) is 2. The first kappa shape index (κ1) is 22.8. The fourth-order valence-electron chi connectivity index (χ4n) is 3.54. The van der Waals surface area contributed by atoms with E-state index in [1.165, 1.54) is 37.3 Å². The van der Waals surface area contributed by atoms with E-state index in [1.807, 2.05) is 29.6 Å². The van der Waals surface area contributed by atoms with Crippen LogP contribution in [0.2, 0.25) is 0 Å². The Kier molecular flexibility index (Phi) is 8.72. The maximum Gasteiger partial charge on any atom is 0.341 e. The van der Waals surface area contributed by atoms with Crippen molar-refractivity contribution in [3.63, 3.8) is 0 Å². The van der Waals surface area contributed by atoms with E-state index in [1.54, 1.807) is 6.92 Å². The van der Waals surface area contributed by atoms with Crippen molar-refractivity contribution < 1.29 is 14.3 Å². The summed E-state index contributed by atoms with van der Waals surface area (Å²) in [6.07, 6.45) is 4.60. The number of urea groups is 1. The molecule has 8 heteroatoms. The van der Waals surface area contributed by atoms with Gasteiger partial charge in [0, 0.05) is 22.0 Å². The summed E-state index contributed by atoms with van der Waals surface area (Å²) in [5.41, 5.74) is 2.03. The number of carbonyl (C=O) groups is 2. The number of hydrogen-bond donors (Lipinski definition) is 2. The number of thiophene rings is 1. The minimum atomic E-state index is -0.436. The third-order valence-corrected chi connectivity index (χ3v) is 6.41. The Balaban J connectivity index is 1.60. The molecule has 0 unspecified atom stereocenters. The van der Waals surface area contributed by atoms with Crippen LogP contribution in [0.15, 0.2) is 34.1 Å². The topological polar surface area (TPSA) is 70.7 Å². The Labute approximate surface area is 190 Å². The second kappa shape index (κ2) is 11.5.